The van der Waals surface area contributed by atoms with Gasteiger partial charge in [0.2, 0.25) is 5.69 Å². The Morgan fingerprint density at radius 2 is 1.82 bits per heavy atom. The number of fused-ring (bicyclic) bond motifs is 1. The minimum atomic E-state index is 0.451. The highest BCUT2D eigenvalue weighted by Gasteiger charge is 2.20. The molecule has 0 aliphatic rings. The van der Waals surface area contributed by atoms with Gasteiger partial charge in [0.25, 0.3) is 0 Å². The second-order valence-electron chi connectivity index (χ2n) is 3.57. The molecule has 0 saturated heterocycles. The zero-order valence-corrected chi connectivity index (χ0v) is 10.4. The van der Waals surface area contributed by atoms with E-state index in [1.54, 1.807) is 0 Å². The van der Waals surface area contributed by atoms with E-state index in [0.29, 0.717) is 24.1 Å². The topological polar surface area (TPSA) is 53.9 Å². The predicted molar refractivity (Wildman–Crippen MR) is 67.1 cm³/mol. The Hall–Kier alpha value is -1.98. The van der Waals surface area contributed by atoms with Crippen molar-refractivity contribution in [2.45, 2.75) is 26.7 Å². The van der Waals surface area contributed by atoms with Gasteiger partial charge in [0.05, 0.1) is 35.4 Å². The maximum Gasteiger partial charge on any atom is 0.210 e. The molecule has 5 heteroatoms. The fourth-order valence-corrected chi connectivity index (χ4v) is 2.63. The van der Waals surface area contributed by atoms with Gasteiger partial charge in [0, 0.05) is 0 Å². The maximum atomic E-state index is 9.24. The Bertz CT molecular complexity index is 602. The SMILES string of the molecule is [C-]#[N+]c1c(C#N)c(CC)c2nsnc2c1CC. The minimum absolute atomic E-state index is 0.451. The normalized spacial score (nSPS) is 10.1. The summed E-state index contributed by atoms with van der Waals surface area (Å²) in [7, 11) is 0. The molecule has 2 rings (SSSR count). The molecule has 0 saturated carbocycles. The van der Waals surface area contributed by atoms with Crippen molar-refractivity contribution in [3.05, 3.63) is 28.1 Å². The van der Waals surface area contributed by atoms with Crippen molar-refractivity contribution < 1.29 is 0 Å². The lowest BCUT2D eigenvalue weighted by Gasteiger charge is -2.08. The molecule has 0 spiro atoms. The van der Waals surface area contributed by atoms with Crippen LogP contribution in [0.1, 0.15) is 30.5 Å². The largest absolute Gasteiger partial charge is 0.236 e. The van der Waals surface area contributed by atoms with E-state index in [1.807, 2.05) is 13.8 Å². The maximum absolute atomic E-state index is 9.24. The summed E-state index contributed by atoms with van der Waals surface area (Å²) in [5.41, 5.74) is 4.20. The second-order valence-corrected chi connectivity index (χ2v) is 4.10. The number of nitriles is 1. The fourth-order valence-electron chi connectivity index (χ4n) is 2.03. The summed E-state index contributed by atoms with van der Waals surface area (Å²) < 4.78 is 8.52. The number of aryl methyl sites for hydroxylation is 2. The summed E-state index contributed by atoms with van der Waals surface area (Å²) in [6.07, 6.45) is 1.38. The van der Waals surface area contributed by atoms with Crippen LogP contribution in [0.3, 0.4) is 0 Å². The van der Waals surface area contributed by atoms with Crippen LogP contribution in [0, 0.1) is 17.9 Å². The molecule has 84 valence electrons. The molecule has 0 amide bonds. The Balaban J connectivity index is 3.03. The molecule has 1 aromatic heterocycles. The first-order chi connectivity index (χ1) is 8.28. The van der Waals surface area contributed by atoms with Crippen molar-refractivity contribution in [2.75, 3.05) is 0 Å². The summed E-state index contributed by atoms with van der Waals surface area (Å²) in [6.45, 7) is 11.2. The molecule has 4 nitrogen and oxygen atoms in total. The Morgan fingerprint density at radius 1 is 1.24 bits per heavy atom. The van der Waals surface area contributed by atoms with Crippen molar-refractivity contribution in [3.8, 4) is 6.07 Å². The van der Waals surface area contributed by atoms with Gasteiger partial charge in [-0.15, -0.1) is 0 Å². The highest BCUT2D eigenvalue weighted by Crippen LogP contribution is 2.35. The number of nitrogens with zero attached hydrogens (tertiary/aromatic N) is 4. The van der Waals surface area contributed by atoms with Gasteiger partial charge in [-0.3, -0.25) is 0 Å². The lowest BCUT2D eigenvalue weighted by molar-refractivity contribution is 1.12. The first-order valence-electron chi connectivity index (χ1n) is 5.35. The zero-order chi connectivity index (χ0) is 12.4. The highest BCUT2D eigenvalue weighted by atomic mass is 32.1. The second kappa shape index (κ2) is 4.48. The number of hydrogen-bond acceptors (Lipinski definition) is 4. The Morgan fingerprint density at radius 3 is 2.29 bits per heavy atom. The quantitative estimate of drug-likeness (QED) is 0.760. The van der Waals surface area contributed by atoms with Gasteiger partial charge in [-0.1, -0.05) is 13.8 Å². The van der Waals surface area contributed by atoms with Gasteiger partial charge in [-0.05, 0) is 24.0 Å². The Labute approximate surface area is 104 Å². The predicted octanol–water partition coefficient (Wildman–Crippen LogP) is 3.24. The molecule has 1 aromatic carbocycles. The summed E-state index contributed by atoms with van der Waals surface area (Å²) in [6, 6.07) is 2.15. The first-order valence-corrected chi connectivity index (χ1v) is 6.08. The van der Waals surface area contributed by atoms with Gasteiger partial charge in [0.1, 0.15) is 5.52 Å². The molecule has 0 bridgehead atoms. The van der Waals surface area contributed by atoms with E-state index in [2.05, 4.69) is 19.7 Å². The molecule has 17 heavy (non-hydrogen) atoms. The van der Waals surface area contributed by atoms with E-state index in [-0.39, 0.29) is 0 Å². The average molecular weight is 242 g/mol. The number of aromatic nitrogens is 2. The fraction of sp³-hybridized carbons (Fsp3) is 0.333. The molecule has 0 radical (unpaired) electrons. The number of rotatable bonds is 2. The van der Waals surface area contributed by atoms with Crippen LogP contribution in [-0.2, 0) is 12.8 Å². The monoisotopic (exact) mass is 242 g/mol. The number of hydrogen-bond donors (Lipinski definition) is 0. The smallest absolute Gasteiger partial charge is 0.210 e. The number of benzene rings is 1. The Kier molecular flexibility index (Phi) is 3.03. The van der Waals surface area contributed by atoms with Crippen LogP contribution in [0.25, 0.3) is 15.9 Å². The first kappa shape index (κ1) is 11.5. The van der Waals surface area contributed by atoms with Crippen LogP contribution >= 0.6 is 11.7 Å². The van der Waals surface area contributed by atoms with Gasteiger partial charge in [-0.2, -0.15) is 14.0 Å². The standard InChI is InChI=1S/C12H10N4S/c1-4-7-9(6-13)10(14-3)8(5-2)12-11(7)15-17-16-12/h4-5H2,1-2H3. The average Bonchev–Trinajstić information content (AvgIpc) is 2.84. The van der Waals surface area contributed by atoms with Gasteiger partial charge < -0.3 is 0 Å². The van der Waals surface area contributed by atoms with Crippen molar-refractivity contribution in [1.82, 2.24) is 8.75 Å². The molecule has 2 aromatic rings. The van der Waals surface area contributed by atoms with Crippen molar-refractivity contribution in [2.24, 2.45) is 0 Å². The lowest BCUT2D eigenvalue weighted by Crippen LogP contribution is -1.95. The molecular formula is C12H10N4S. The molecule has 0 N–H and O–H groups in total. The van der Waals surface area contributed by atoms with Gasteiger partial charge in [0.15, 0.2) is 0 Å². The summed E-state index contributed by atoms with van der Waals surface area (Å²) in [5, 5.41) is 9.24. The van der Waals surface area contributed by atoms with E-state index >= 15 is 0 Å². The summed E-state index contributed by atoms with van der Waals surface area (Å²) in [5.74, 6) is 0. The van der Waals surface area contributed by atoms with Crippen LogP contribution in [-0.4, -0.2) is 8.75 Å². The minimum Gasteiger partial charge on any atom is -0.236 e. The van der Waals surface area contributed by atoms with Crippen molar-refractivity contribution in [1.29, 1.82) is 5.26 Å². The van der Waals surface area contributed by atoms with E-state index in [9.17, 15) is 5.26 Å². The van der Waals surface area contributed by atoms with Crippen molar-refractivity contribution in [3.63, 3.8) is 0 Å². The van der Waals surface area contributed by atoms with Crippen LogP contribution in [0.15, 0.2) is 0 Å². The molecule has 0 aliphatic carbocycles. The van der Waals surface area contributed by atoms with Gasteiger partial charge >= 0.3 is 0 Å². The molecule has 0 atom stereocenters. The summed E-state index contributed by atoms with van der Waals surface area (Å²) >= 11 is 1.14. The lowest BCUT2D eigenvalue weighted by atomic mass is 9.96. The third-order valence-corrected chi connectivity index (χ3v) is 3.34. The molecular weight excluding hydrogens is 232 g/mol. The van der Waals surface area contributed by atoms with Crippen LogP contribution in [0.4, 0.5) is 5.69 Å². The third-order valence-electron chi connectivity index (χ3n) is 2.82. The highest BCUT2D eigenvalue weighted by molar-refractivity contribution is 7.00. The van der Waals surface area contributed by atoms with E-state index < -0.39 is 0 Å². The van der Waals surface area contributed by atoms with E-state index in [0.717, 1.165) is 33.9 Å². The summed E-state index contributed by atoms with van der Waals surface area (Å²) in [4.78, 5) is 3.51. The molecule has 1 heterocycles. The van der Waals surface area contributed by atoms with E-state index in [1.165, 1.54) is 0 Å². The third kappa shape index (κ3) is 1.56. The molecule has 0 unspecified atom stereocenters. The van der Waals surface area contributed by atoms with Crippen molar-refractivity contribution >= 4 is 28.4 Å². The van der Waals surface area contributed by atoms with E-state index in [4.69, 9.17) is 6.57 Å². The molecule has 0 aliphatic heterocycles. The van der Waals surface area contributed by atoms with Crippen LogP contribution < -0.4 is 0 Å². The van der Waals surface area contributed by atoms with Gasteiger partial charge in [-0.25, -0.2) is 4.85 Å². The zero-order valence-electron chi connectivity index (χ0n) is 9.61. The van der Waals surface area contributed by atoms with Crippen LogP contribution in [0.2, 0.25) is 0 Å². The molecule has 0 fully saturated rings. The van der Waals surface area contributed by atoms with Crippen LogP contribution in [0.5, 0.6) is 0 Å².